The lowest BCUT2D eigenvalue weighted by molar-refractivity contribution is 0.0920. The van der Waals surface area contributed by atoms with Crippen LogP contribution in [0.3, 0.4) is 0 Å². The number of aromatic nitrogens is 2. The highest BCUT2D eigenvalue weighted by Crippen LogP contribution is 2.28. The number of hydrogen-bond donors (Lipinski definition) is 3. The summed E-state index contributed by atoms with van der Waals surface area (Å²) in [5.41, 5.74) is -0.130. The van der Waals surface area contributed by atoms with E-state index >= 15 is 0 Å². The number of amides is 2. The maximum absolute atomic E-state index is 13.2. The third kappa shape index (κ3) is 5.63. The molecule has 0 spiro atoms. The van der Waals surface area contributed by atoms with Gasteiger partial charge in [0.2, 0.25) is 0 Å². The predicted octanol–water partition coefficient (Wildman–Crippen LogP) is 4.92. The molecule has 0 bridgehead atoms. The summed E-state index contributed by atoms with van der Waals surface area (Å²) >= 11 is 24.7. The molecule has 4 rings (SSSR count). The van der Waals surface area contributed by atoms with E-state index in [1.165, 1.54) is 30.5 Å². The molecule has 0 aliphatic carbocycles. The van der Waals surface area contributed by atoms with Crippen molar-refractivity contribution in [2.45, 2.75) is 18.9 Å². The first-order chi connectivity index (χ1) is 16.8. The lowest BCUT2D eigenvalue weighted by Gasteiger charge is -2.23. The molecule has 1 fully saturated rings. The molecule has 1 saturated heterocycles. The van der Waals surface area contributed by atoms with Crippen molar-refractivity contribution < 1.29 is 14.4 Å². The third-order valence-electron chi connectivity index (χ3n) is 5.43. The fourth-order valence-corrected chi connectivity index (χ4v) is 4.80. The van der Waals surface area contributed by atoms with Gasteiger partial charge in [-0.15, -0.1) is 0 Å². The minimum atomic E-state index is -0.673. The molecular formula is C23H19Cl4N5O3. The van der Waals surface area contributed by atoms with Crippen LogP contribution in [-0.2, 0) is 0 Å². The van der Waals surface area contributed by atoms with Crippen molar-refractivity contribution in [2.75, 3.05) is 18.4 Å². The van der Waals surface area contributed by atoms with Gasteiger partial charge < -0.3 is 16.0 Å². The summed E-state index contributed by atoms with van der Waals surface area (Å²) in [6.07, 6.45) is 2.69. The molecule has 0 atom stereocenters. The smallest absolute Gasteiger partial charge is 0.281 e. The van der Waals surface area contributed by atoms with E-state index in [1.807, 2.05) is 0 Å². The van der Waals surface area contributed by atoms with E-state index in [9.17, 15) is 14.4 Å². The van der Waals surface area contributed by atoms with E-state index in [2.05, 4.69) is 21.0 Å². The van der Waals surface area contributed by atoms with E-state index < -0.39 is 17.7 Å². The Morgan fingerprint density at radius 3 is 1.97 bits per heavy atom. The van der Waals surface area contributed by atoms with Crippen molar-refractivity contribution in [1.82, 2.24) is 20.4 Å². The number of rotatable bonds is 5. The van der Waals surface area contributed by atoms with Crippen molar-refractivity contribution >= 4 is 69.8 Å². The van der Waals surface area contributed by atoms with Crippen molar-refractivity contribution in [2.24, 2.45) is 0 Å². The minimum Gasteiger partial charge on any atom is -0.348 e. The second kappa shape index (κ2) is 11.0. The number of nitrogens with zero attached hydrogens (tertiary/aromatic N) is 2. The van der Waals surface area contributed by atoms with Crippen LogP contribution in [0.15, 0.2) is 42.6 Å². The van der Waals surface area contributed by atoms with E-state index in [-0.39, 0.29) is 48.6 Å². The van der Waals surface area contributed by atoms with Crippen LogP contribution in [0.25, 0.3) is 0 Å². The first-order valence-electron chi connectivity index (χ1n) is 10.6. The van der Waals surface area contributed by atoms with Crippen molar-refractivity contribution in [1.29, 1.82) is 0 Å². The van der Waals surface area contributed by atoms with Gasteiger partial charge in [0, 0.05) is 6.04 Å². The predicted molar refractivity (Wildman–Crippen MR) is 136 cm³/mol. The molecule has 0 unspecified atom stereocenters. The number of piperidine rings is 1. The van der Waals surface area contributed by atoms with Crippen LogP contribution < -0.4 is 16.0 Å². The van der Waals surface area contributed by atoms with Gasteiger partial charge in [-0.25, -0.2) is 4.68 Å². The van der Waals surface area contributed by atoms with E-state index in [4.69, 9.17) is 46.4 Å². The molecule has 182 valence electrons. The summed E-state index contributed by atoms with van der Waals surface area (Å²) in [7, 11) is 0. The number of carbonyl (C=O) groups excluding carboxylic acids is 3. The zero-order valence-corrected chi connectivity index (χ0v) is 21.1. The number of nitrogens with one attached hydrogen (secondary N) is 3. The molecule has 2 amide bonds. The lowest BCUT2D eigenvalue weighted by atomic mass is 10.1. The molecule has 12 heteroatoms. The summed E-state index contributed by atoms with van der Waals surface area (Å²) in [4.78, 5) is 39.3. The van der Waals surface area contributed by atoms with Gasteiger partial charge in [0.1, 0.15) is 0 Å². The van der Waals surface area contributed by atoms with Gasteiger partial charge in [-0.05, 0) is 50.2 Å². The Balaban J connectivity index is 1.70. The fourth-order valence-electron chi connectivity index (χ4n) is 3.67. The first kappa shape index (κ1) is 25.5. The van der Waals surface area contributed by atoms with Crippen molar-refractivity contribution in [3.8, 4) is 0 Å². The van der Waals surface area contributed by atoms with Crippen LogP contribution in [-0.4, -0.2) is 46.6 Å². The number of anilines is 1. The van der Waals surface area contributed by atoms with Crippen molar-refractivity contribution in [3.05, 3.63) is 79.5 Å². The number of carbonyl (C=O) groups is 3. The molecular weight excluding hydrogens is 536 g/mol. The molecule has 3 N–H and O–H groups in total. The largest absolute Gasteiger partial charge is 0.348 e. The summed E-state index contributed by atoms with van der Waals surface area (Å²) in [5.74, 6) is -1.89. The van der Waals surface area contributed by atoms with Gasteiger partial charge in [0.05, 0.1) is 43.1 Å². The summed E-state index contributed by atoms with van der Waals surface area (Å²) in [5, 5.41) is 13.4. The number of hydrogen-bond acceptors (Lipinski definition) is 5. The monoisotopic (exact) mass is 553 g/mol. The Bertz CT molecular complexity index is 1260. The molecule has 1 aromatic heterocycles. The zero-order chi connectivity index (χ0) is 25.1. The third-order valence-corrected chi connectivity index (χ3v) is 6.69. The van der Waals surface area contributed by atoms with Crippen LogP contribution in [0.1, 0.15) is 44.0 Å². The van der Waals surface area contributed by atoms with Crippen LogP contribution in [0.2, 0.25) is 20.1 Å². The molecule has 0 radical (unpaired) electrons. The molecule has 2 aromatic carbocycles. The van der Waals surface area contributed by atoms with Crippen LogP contribution in [0, 0.1) is 0 Å². The normalized spacial score (nSPS) is 13.9. The second-order valence-electron chi connectivity index (χ2n) is 7.79. The molecule has 1 aliphatic rings. The van der Waals surface area contributed by atoms with Crippen LogP contribution in [0.5, 0.6) is 0 Å². The van der Waals surface area contributed by atoms with Gasteiger partial charge in [-0.2, -0.15) is 5.10 Å². The highest BCUT2D eigenvalue weighted by atomic mass is 35.5. The van der Waals surface area contributed by atoms with E-state index in [0.717, 1.165) is 30.6 Å². The average molecular weight is 555 g/mol. The number of halogens is 4. The lowest BCUT2D eigenvalue weighted by Crippen LogP contribution is -2.43. The number of benzene rings is 2. The van der Waals surface area contributed by atoms with Gasteiger partial charge in [-0.3, -0.25) is 14.4 Å². The van der Waals surface area contributed by atoms with Gasteiger partial charge in [-0.1, -0.05) is 58.5 Å². The molecule has 0 saturated carbocycles. The average Bonchev–Trinajstić information content (AvgIpc) is 3.23. The van der Waals surface area contributed by atoms with Crippen LogP contribution >= 0.6 is 46.4 Å². The standard InChI is InChI=1S/C23H19Cl4N5O3/c24-13-3-1-4-14(25)18(13)21(33)30-17-11-32(23(35)19-15(26)5-2-6-16(19)27)31-20(17)22(34)29-12-7-9-28-10-8-12/h1-6,11-12,28H,7-10H2,(H,29,34)(H,30,33). The molecule has 8 nitrogen and oxygen atoms in total. The first-order valence-corrected chi connectivity index (χ1v) is 12.1. The Morgan fingerprint density at radius 2 is 1.40 bits per heavy atom. The summed E-state index contributed by atoms with van der Waals surface area (Å²) < 4.78 is 0.911. The van der Waals surface area contributed by atoms with Gasteiger partial charge in [0.15, 0.2) is 5.69 Å². The van der Waals surface area contributed by atoms with E-state index in [1.54, 1.807) is 12.1 Å². The Kier molecular flexibility index (Phi) is 7.98. The van der Waals surface area contributed by atoms with Gasteiger partial charge >= 0.3 is 0 Å². The Labute approximate surface area is 220 Å². The second-order valence-corrected chi connectivity index (χ2v) is 9.42. The maximum Gasteiger partial charge on any atom is 0.281 e. The van der Waals surface area contributed by atoms with Crippen molar-refractivity contribution in [3.63, 3.8) is 0 Å². The maximum atomic E-state index is 13.2. The fraction of sp³-hybridized carbons (Fsp3) is 0.217. The molecule has 35 heavy (non-hydrogen) atoms. The summed E-state index contributed by atoms with van der Waals surface area (Å²) in [6, 6.07) is 9.17. The van der Waals surface area contributed by atoms with Crippen LogP contribution in [0.4, 0.5) is 5.69 Å². The van der Waals surface area contributed by atoms with Gasteiger partial charge in [0.25, 0.3) is 17.7 Å². The molecule has 3 aromatic rings. The zero-order valence-electron chi connectivity index (χ0n) is 18.1. The Morgan fingerprint density at radius 1 is 0.857 bits per heavy atom. The Hall–Kier alpha value is -2.62. The SMILES string of the molecule is O=C(NC1CCNCC1)c1nn(C(=O)c2c(Cl)cccc2Cl)cc1NC(=O)c1c(Cl)cccc1Cl. The quantitative estimate of drug-likeness (QED) is 0.415. The minimum absolute atomic E-state index is 0.00560. The molecule has 1 aliphatic heterocycles. The topological polar surface area (TPSA) is 105 Å². The highest BCUT2D eigenvalue weighted by molar-refractivity contribution is 6.41. The highest BCUT2D eigenvalue weighted by Gasteiger charge is 2.27. The van der Waals surface area contributed by atoms with E-state index in [0.29, 0.717) is 0 Å². The summed E-state index contributed by atoms with van der Waals surface area (Å²) in [6.45, 7) is 1.52. The molecule has 2 heterocycles.